The fraction of sp³-hybridized carbons (Fsp3) is 0.211. The summed E-state index contributed by atoms with van der Waals surface area (Å²) in [5, 5.41) is 3.12. The molecule has 1 unspecified atom stereocenters. The third kappa shape index (κ3) is 2.75. The second-order valence-corrected chi connectivity index (χ2v) is 5.53. The van der Waals surface area contributed by atoms with Gasteiger partial charge < -0.3 is 10.2 Å². The van der Waals surface area contributed by atoms with Crippen molar-refractivity contribution in [1.82, 2.24) is 10.2 Å². The van der Waals surface area contributed by atoms with Crippen LogP contribution in [0.1, 0.15) is 29.7 Å². The first-order valence-corrected chi connectivity index (χ1v) is 7.60. The highest BCUT2D eigenvalue weighted by Crippen LogP contribution is 2.33. The molecule has 1 aliphatic heterocycles. The summed E-state index contributed by atoms with van der Waals surface area (Å²) in [6, 6.07) is 18.4. The zero-order valence-corrected chi connectivity index (χ0v) is 12.9. The van der Waals surface area contributed by atoms with Crippen LogP contribution in [0, 0.1) is 6.92 Å². The second-order valence-electron chi connectivity index (χ2n) is 5.53. The van der Waals surface area contributed by atoms with Crippen LogP contribution in [0.5, 0.6) is 0 Å². The van der Waals surface area contributed by atoms with Gasteiger partial charge in [-0.25, -0.2) is 4.79 Å². The molecule has 0 saturated heterocycles. The molecule has 0 bridgehead atoms. The zero-order chi connectivity index (χ0) is 15.5. The van der Waals surface area contributed by atoms with Gasteiger partial charge in [0.05, 0.1) is 6.04 Å². The number of amides is 2. The van der Waals surface area contributed by atoms with E-state index in [0.717, 1.165) is 16.7 Å². The van der Waals surface area contributed by atoms with E-state index in [1.165, 1.54) is 5.56 Å². The SMILES string of the molecule is CCN1C=C(c2ccc(C)cc2)C(c2ccccc2)NC1=O. The van der Waals surface area contributed by atoms with E-state index in [1.807, 2.05) is 31.3 Å². The minimum Gasteiger partial charge on any atom is -0.327 e. The molecule has 1 aliphatic rings. The molecule has 2 aromatic rings. The Kier molecular flexibility index (Phi) is 3.96. The Hall–Kier alpha value is -2.55. The Morgan fingerprint density at radius 1 is 1.05 bits per heavy atom. The maximum absolute atomic E-state index is 12.2. The van der Waals surface area contributed by atoms with Crippen molar-refractivity contribution in [2.75, 3.05) is 6.54 Å². The molecule has 3 nitrogen and oxygen atoms in total. The molecular weight excluding hydrogens is 272 g/mol. The van der Waals surface area contributed by atoms with Crippen LogP contribution in [0.2, 0.25) is 0 Å². The van der Waals surface area contributed by atoms with E-state index < -0.39 is 0 Å². The molecule has 0 aliphatic carbocycles. The third-order valence-corrected chi connectivity index (χ3v) is 3.99. The number of nitrogens with one attached hydrogen (secondary N) is 1. The summed E-state index contributed by atoms with van der Waals surface area (Å²) >= 11 is 0. The first-order valence-electron chi connectivity index (χ1n) is 7.60. The highest BCUT2D eigenvalue weighted by Gasteiger charge is 2.27. The summed E-state index contributed by atoms with van der Waals surface area (Å²) in [5.74, 6) is 0. The van der Waals surface area contributed by atoms with Gasteiger partial charge in [-0.05, 0) is 25.0 Å². The van der Waals surface area contributed by atoms with Gasteiger partial charge in [0.2, 0.25) is 0 Å². The van der Waals surface area contributed by atoms with Gasteiger partial charge in [-0.3, -0.25) is 0 Å². The lowest BCUT2D eigenvalue weighted by Gasteiger charge is -2.32. The first kappa shape index (κ1) is 14.4. The van der Waals surface area contributed by atoms with E-state index in [1.54, 1.807) is 4.90 Å². The van der Waals surface area contributed by atoms with Crippen LogP contribution in [-0.4, -0.2) is 17.5 Å². The monoisotopic (exact) mass is 292 g/mol. The molecule has 0 fully saturated rings. The Bertz CT molecular complexity index is 689. The summed E-state index contributed by atoms with van der Waals surface area (Å²) < 4.78 is 0. The van der Waals surface area contributed by atoms with E-state index >= 15 is 0 Å². The van der Waals surface area contributed by atoms with Crippen molar-refractivity contribution in [3.05, 3.63) is 77.5 Å². The molecule has 0 radical (unpaired) electrons. The van der Waals surface area contributed by atoms with Gasteiger partial charge in [0, 0.05) is 18.3 Å². The molecule has 2 aromatic carbocycles. The van der Waals surface area contributed by atoms with Gasteiger partial charge >= 0.3 is 6.03 Å². The fourth-order valence-electron chi connectivity index (χ4n) is 2.72. The lowest BCUT2D eigenvalue weighted by Crippen LogP contribution is -2.43. The van der Waals surface area contributed by atoms with Crippen molar-refractivity contribution < 1.29 is 4.79 Å². The van der Waals surface area contributed by atoms with E-state index in [4.69, 9.17) is 0 Å². The van der Waals surface area contributed by atoms with Crippen LogP contribution in [0.25, 0.3) is 5.57 Å². The van der Waals surface area contributed by atoms with Gasteiger partial charge in [-0.1, -0.05) is 60.2 Å². The number of benzene rings is 2. The zero-order valence-electron chi connectivity index (χ0n) is 12.9. The number of urea groups is 1. The average Bonchev–Trinajstić information content (AvgIpc) is 2.56. The predicted molar refractivity (Wildman–Crippen MR) is 89.3 cm³/mol. The second kappa shape index (κ2) is 6.06. The van der Waals surface area contributed by atoms with E-state index in [9.17, 15) is 4.79 Å². The maximum Gasteiger partial charge on any atom is 0.322 e. The van der Waals surface area contributed by atoms with Crippen LogP contribution in [0.3, 0.4) is 0 Å². The largest absolute Gasteiger partial charge is 0.327 e. The van der Waals surface area contributed by atoms with Gasteiger partial charge in [0.25, 0.3) is 0 Å². The molecule has 1 N–H and O–H groups in total. The smallest absolute Gasteiger partial charge is 0.322 e. The van der Waals surface area contributed by atoms with Gasteiger partial charge in [0.15, 0.2) is 0 Å². The fourth-order valence-corrected chi connectivity index (χ4v) is 2.72. The number of carbonyl (C=O) groups is 1. The van der Waals surface area contributed by atoms with Crippen molar-refractivity contribution in [3.63, 3.8) is 0 Å². The van der Waals surface area contributed by atoms with Gasteiger partial charge in [-0.15, -0.1) is 0 Å². The van der Waals surface area contributed by atoms with Crippen LogP contribution in [0.4, 0.5) is 4.79 Å². The van der Waals surface area contributed by atoms with Gasteiger partial charge in [-0.2, -0.15) is 0 Å². The van der Waals surface area contributed by atoms with Crippen molar-refractivity contribution in [3.8, 4) is 0 Å². The van der Waals surface area contributed by atoms with Crippen molar-refractivity contribution in [2.24, 2.45) is 0 Å². The molecule has 22 heavy (non-hydrogen) atoms. The molecule has 0 saturated carbocycles. The van der Waals surface area contributed by atoms with E-state index in [-0.39, 0.29) is 12.1 Å². The minimum atomic E-state index is -0.112. The normalized spacial score (nSPS) is 17.9. The summed E-state index contributed by atoms with van der Waals surface area (Å²) in [5.41, 5.74) is 4.58. The average molecular weight is 292 g/mol. The summed E-state index contributed by atoms with van der Waals surface area (Å²) in [7, 11) is 0. The highest BCUT2D eigenvalue weighted by molar-refractivity contribution is 5.86. The Balaban J connectivity index is 2.07. The van der Waals surface area contributed by atoms with Crippen LogP contribution in [-0.2, 0) is 0 Å². The predicted octanol–water partition coefficient (Wildman–Crippen LogP) is 4.12. The molecule has 0 spiro atoms. The van der Waals surface area contributed by atoms with E-state index in [2.05, 4.69) is 48.6 Å². The quantitative estimate of drug-likeness (QED) is 0.906. The number of aryl methyl sites for hydroxylation is 1. The number of hydrogen-bond donors (Lipinski definition) is 1. The molecule has 1 heterocycles. The van der Waals surface area contributed by atoms with E-state index in [0.29, 0.717) is 6.54 Å². The summed E-state index contributed by atoms with van der Waals surface area (Å²) in [6.07, 6.45) is 1.97. The van der Waals surface area contributed by atoms with Crippen LogP contribution in [0.15, 0.2) is 60.8 Å². The Labute approximate surface area is 131 Å². The Morgan fingerprint density at radius 3 is 2.36 bits per heavy atom. The maximum atomic E-state index is 12.2. The summed E-state index contributed by atoms with van der Waals surface area (Å²) in [4.78, 5) is 13.9. The number of nitrogens with zero attached hydrogens (tertiary/aromatic N) is 1. The van der Waals surface area contributed by atoms with Crippen LogP contribution < -0.4 is 5.32 Å². The molecule has 3 rings (SSSR count). The number of hydrogen-bond acceptors (Lipinski definition) is 1. The Morgan fingerprint density at radius 2 is 1.73 bits per heavy atom. The highest BCUT2D eigenvalue weighted by atomic mass is 16.2. The molecule has 2 amide bonds. The van der Waals surface area contributed by atoms with Crippen molar-refractivity contribution in [2.45, 2.75) is 19.9 Å². The molecule has 1 atom stereocenters. The molecule has 0 aromatic heterocycles. The first-order chi connectivity index (χ1) is 10.7. The van der Waals surface area contributed by atoms with Crippen molar-refractivity contribution >= 4 is 11.6 Å². The third-order valence-electron chi connectivity index (χ3n) is 3.99. The minimum absolute atomic E-state index is 0.0489. The lowest BCUT2D eigenvalue weighted by atomic mass is 9.92. The van der Waals surface area contributed by atoms with Crippen molar-refractivity contribution in [1.29, 1.82) is 0 Å². The standard InChI is InChI=1S/C19H20N2O/c1-3-21-13-17(15-11-9-14(2)10-12-15)18(20-19(21)22)16-7-5-4-6-8-16/h4-13,18H,3H2,1-2H3,(H,20,22). The molecular formula is C19H20N2O. The van der Waals surface area contributed by atoms with Crippen LogP contribution >= 0.6 is 0 Å². The number of carbonyl (C=O) groups excluding carboxylic acids is 1. The topological polar surface area (TPSA) is 32.3 Å². The molecule has 3 heteroatoms. The lowest BCUT2D eigenvalue weighted by molar-refractivity contribution is 0.212. The molecule has 112 valence electrons. The number of rotatable bonds is 3. The summed E-state index contributed by atoms with van der Waals surface area (Å²) in [6.45, 7) is 4.71. The van der Waals surface area contributed by atoms with Gasteiger partial charge in [0.1, 0.15) is 0 Å².